The van der Waals surface area contributed by atoms with Crippen LogP contribution in [0.4, 0.5) is 0 Å². The summed E-state index contributed by atoms with van der Waals surface area (Å²) in [4.78, 5) is 3.41. The molecule has 1 aromatic rings. The summed E-state index contributed by atoms with van der Waals surface area (Å²) in [5, 5.41) is 3.37. The number of H-pyrrole nitrogens is 1. The quantitative estimate of drug-likeness (QED) is 0.772. The van der Waals surface area contributed by atoms with Crippen LogP contribution in [-0.2, 0) is 16.6 Å². The van der Waals surface area contributed by atoms with E-state index in [0.29, 0.717) is 17.5 Å². The second-order valence-corrected chi connectivity index (χ2v) is 7.67. The standard InChI is InChI=1S/C14H25N3O2S/c1-4-5-11(2)17(3)20(18,19)14-8-13(16-10-14)9-15-12-6-7-12/h8,10-12,15-16H,4-7,9H2,1-3H3. The van der Waals surface area contributed by atoms with Crippen LogP contribution in [0.15, 0.2) is 17.2 Å². The number of nitrogens with one attached hydrogen (secondary N) is 2. The van der Waals surface area contributed by atoms with Crippen molar-refractivity contribution in [3.63, 3.8) is 0 Å². The molecule has 1 aliphatic rings. The van der Waals surface area contributed by atoms with Gasteiger partial charge in [0.15, 0.2) is 0 Å². The Morgan fingerprint density at radius 3 is 2.80 bits per heavy atom. The zero-order valence-corrected chi connectivity index (χ0v) is 13.3. The maximum Gasteiger partial charge on any atom is 0.244 e. The van der Waals surface area contributed by atoms with Crippen molar-refractivity contribution in [3.05, 3.63) is 18.0 Å². The number of nitrogens with zero attached hydrogens (tertiary/aromatic N) is 1. The summed E-state index contributed by atoms with van der Waals surface area (Å²) < 4.78 is 26.5. The first-order valence-corrected chi connectivity index (χ1v) is 8.78. The lowest BCUT2D eigenvalue weighted by Crippen LogP contribution is -2.34. The van der Waals surface area contributed by atoms with Gasteiger partial charge in [0.2, 0.25) is 10.0 Å². The van der Waals surface area contributed by atoms with E-state index >= 15 is 0 Å². The van der Waals surface area contributed by atoms with Gasteiger partial charge in [-0.15, -0.1) is 0 Å². The lowest BCUT2D eigenvalue weighted by Gasteiger charge is -2.23. The monoisotopic (exact) mass is 299 g/mol. The highest BCUT2D eigenvalue weighted by molar-refractivity contribution is 7.89. The molecule has 0 aromatic carbocycles. The molecule has 0 spiro atoms. The summed E-state index contributed by atoms with van der Waals surface area (Å²) in [5.74, 6) is 0. The first-order valence-electron chi connectivity index (χ1n) is 7.34. The van der Waals surface area contributed by atoms with Crippen molar-refractivity contribution >= 4 is 10.0 Å². The second kappa shape index (κ2) is 6.28. The van der Waals surface area contributed by atoms with E-state index in [1.165, 1.54) is 17.1 Å². The van der Waals surface area contributed by atoms with E-state index < -0.39 is 10.0 Å². The Kier molecular flexibility index (Phi) is 4.88. The average Bonchev–Trinajstić information content (AvgIpc) is 3.11. The molecule has 20 heavy (non-hydrogen) atoms. The van der Waals surface area contributed by atoms with E-state index in [0.717, 1.165) is 18.5 Å². The van der Waals surface area contributed by atoms with Gasteiger partial charge in [-0.3, -0.25) is 0 Å². The maximum absolute atomic E-state index is 12.5. The predicted molar refractivity (Wildman–Crippen MR) is 80.0 cm³/mol. The zero-order valence-electron chi connectivity index (χ0n) is 12.5. The van der Waals surface area contributed by atoms with Crippen molar-refractivity contribution in [2.75, 3.05) is 7.05 Å². The van der Waals surface area contributed by atoms with Crippen molar-refractivity contribution in [3.8, 4) is 0 Å². The van der Waals surface area contributed by atoms with Gasteiger partial charge >= 0.3 is 0 Å². The van der Waals surface area contributed by atoms with Gasteiger partial charge in [0.25, 0.3) is 0 Å². The molecule has 2 N–H and O–H groups in total. The lowest BCUT2D eigenvalue weighted by atomic mass is 10.2. The largest absolute Gasteiger partial charge is 0.363 e. The molecule has 0 radical (unpaired) electrons. The van der Waals surface area contributed by atoms with Crippen molar-refractivity contribution in [2.24, 2.45) is 0 Å². The molecular weight excluding hydrogens is 274 g/mol. The Balaban J connectivity index is 2.04. The minimum atomic E-state index is -3.39. The van der Waals surface area contributed by atoms with E-state index in [1.54, 1.807) is 19.3 Å². The van der Waals surface area contributed by atoms with E-state index in [2.05, 4.69) is 17.2 Å². The molecule has 0 amide bonds. The van der Waals surface area contributed by atoms with Gasteiger partial charge < -0.3 is 10.3 Å². The van der Waals surface area contributed by atoms with E-state index in [4.69, 9.17) is 0 Å². The Labute approximate surface area is 121 Å². The van der Waals surface area contributed by atoms with Gasteiger partial charge in [0, 0.05) is 37.6 Å². The molecule has 1 heterocycles. The number of rotatable bonds is 8. The number of sulfonamides is 1. The van der Waals surface area contributed by atoms with Crippen molar-refractivity contribution in [1.29, 1.82) is 0 Å². The van der Waals surface area contributed by atoms with Crippen LogP contribution < -0.4 is 5.32 Å². The first-order chi connectivity index (χ1) is 9.45. The summed E-state index contributed by atoms with van der Waals surface area (Å²) in [5.41, 5.74) is 0.923. The van der Waals surface area contributed by atoms with E-state index in [1.807, 2.05) is 6.92 Å². The van der Waals surface area contributed by atoms with Crippen LogP contribution in [0, 0.1) is 0 Å². The molecule has 1 aromatic heterocycles. The van der Waals surface area contributed by atoms with Gasteiger partial charge in [-0.2, -0.15) is 4.31 Å². The molecule has 0 aliphatic heterocycles. The van der Waals surface area contributed by atoms with Crippen LogP contribution in [0.25, 0.3) is 0 Å². The van der Waals surface area contributed by atoms with E-state index in [9.17, 15) is 8.42 Å². The van der Waals surface area contributed by atoms with Crippen LogP contribution in [-0.4, -0.2) is 36.8 Å². The minimum Gasteiger partial charge on any atom is -0.363 e. The molecule has 2 rings (SSSR count). The molecule has 1 unspecified atom stereocenters. The molecule has 1 saturated carbocycles. The smallest absolute Gasteiger partial charge is 0.244 e. The van der Waals surface area contributed by atoms with Crippen LogP contribution in [0.1, 0.15) is 45.2 Å². The molecule has 1 aliphatic carbocycles. The third kappa shape index (κ3) is 3.62. The Morgan fingerprint density at radius 1 is 1.50 bits per heavy atom. The molecule has 0 saturated heterocycles. The number of aromatic nitrogens is 1. The van der Waals surface area contributed by atoms with Crippen LogP contribution >= 0.6 is 0 Å². The molecule has 6 heteroatoms. The van der Waals surface area contributed by atoms with Crippen molar-refractivity contribution < 1.29 is 8.42 Å². The van der Waals surface area contributed by atoms with Gasteiger partial charge in [0.1, 0.15) is 0 Å². The lowest BCUT2D eigenvalue weighted by molar-refractivity contribution is 0.369. The summed E-state index contributed by atoms with van der Waals surface area (Å²) in [6.45, 7) is 4.71. The van der Waals surface area contributed by atoms with Gasteiger partial charge in [0.05, 0.1) is 4.90 Å². The first kappa shape index (κ1) is 15.5. The molecule has 114 valence electrons. The molecule has 1 atom stereocenters. The summed E-state index contributed by atoms with van der Waals surface area (Å²) in [7, 11) is -1.73. The number of aromatic amines is 1. The van der Waals surface area contributed by atoms with E-state index in [-0.39, 0.29) is 6.04 Å². The van der Waals surface area contributed by atoms with Gasteiger partial charge in [-0.25, -0.2) is 8.42 Å². The fourth-order valence-corrected chi connectivity index (χ4v) is 3.63. The van der Waals surface area contributed by atoms with Crippen molar-refractivity contribution in [2.45, 2.75) is 63.1 Å². The van der Waals surface area contributed by atoms with Crippen LogP contribution in [0.3, 0.4) is 0 Å². The highest BCUT2D eigenvalue weighted by atomic mass is 32.2. The molecule has 0 bridgehead atoms. The summed E-state index contributed by atoms with van der Waals surface area (Å²) in [6.07, 6.45) is 5.89. The minimum absolute atomic E-state index is 0.0212. The summed E-state index contributed by atoms with van der Waals surface area (Å²) in [6, 6.07) is 2.37. The predicted octanol–water partition coefficient (Wildman–Crippen LogP) is 2.08. The highest BCUT2D eigenvalue weighted by Gasteiger charge is 2.26. The fraction of sp³-hybridized carbons (Fsp3) is 0.714. The third-order valence-corrected chi connectivity index (χ3v) is 5.83. The van der Waals surface area contributed by atoms with Crippen LogP contribution in [0.2, 0.25) is 0 Å². The summed E-state index contributed by atoms with van der Waals surface area (Å²) >= 11 is 0. The number of hydrogen-bond acceptors (Lipinski definition) is 3. The Bertz CT molecular complexity index is 534. The molecule has 1 fully saturated rings. The average molecular weight is 299 g/mol. The fourth-order valence-electron chi connectivity index (χ4n) is 2.21. The molecular formula is C14H25N3O2S. The topological polar surface area (TPSA) is 65.2 Å². The SMILES string of the molecule is CCCC(C)N(C)S(=O)(=O)c1c[nH]c(CNC2CC2)c1. The molecule has 5 nitrogen and oxygen atoms in total. The number of hydrogen-bond donors (Lipinski definition) is 2. The maximum atomic E-state index is 12.5. The second-order valence-electron chi connectivity index (χ2n) is 5.67. The normalized spacial score (nSPS) is 17.6. The van der Waals surface area contributed by atoms with Crippen molar-refractivity contribution in [1.82, 2.24) is 14.6 Å². The zero-order chi connectivity index (χ0) is 14.8. The third-order valence-electron chi connectivity index (χ3n) is 3.88. The Hall–Kier alpha value is -0.850. The Morgan fingerprint density at radius 2 is 2.20 bits per heavy atom. The van der Waals surface area contributed by atoms with Crippen LogP contribution in [0.5, 0.6) is 0 Å². The van der Waals surface area contributed by atoms with Gasteiger partial charge in [-0.05, 0) is 32.3 Å². The van der Waals surface area contributed by atoms with Gasteiger partial charge in [-0.1, -0.05) is 13.3 Å². The highest BCUT2D eigenvalue weighted by Crippen LogP contribution is 2.21.